The summed E-state index contributed by atoms with van der Waals surface area (Å²) < 4.78 is 0. The summed E-state index contributed by atoms with van der Waals surface area (Å²) in [6.07, 6.45) is 3.52. The van der Waals surface area contributed by atoms with Gasteiger partial charge in [-0.05, 0) is 26.0 Å². The summed E-state index contributed by atoms with van der Waals surface area (Å²) in [5, 5.41) is 2.92. The van der Waals surface area contributed by atoms with Crippen molar-refractivity contribution in [1.29, 1.82) is 0 Å². The predicted octanol–water partition coefficient (Wildman–Crippen LogP) is 0.806. The molecule has 2 saturated heterocycles. The van der Waals surface area contributed by atoms with E-state index in [1.165, 1.54) is 0 Å². The van der Waals surface area contributed by atoms with Gasteiger partial charge in [0.15, 0.2) is 0 Å². The zero-order valence-corrected chi connectivity index (χ0v) is 16.1. The summed E-state index contributed by atoms with van der Waals surface area (Å²) in [6, 6.07) is 3.35. The number of hydrogen-bond donors (Lipinski definition) is 1. The molecule has 8 heteroatoms. The van der Waals surface area contributed by atoms with Gasteiger partial charge in [0.2, 0.25) is 5.91 Å². The molecule has 1 N–H and O–H groups in total. The molecule has 4 amide bonds. The number of aromatic nitrogens is 1. The maximum Gasteiger partial charge on any atom is 0.317 e. The van der Waals surface area contributed by atoms with Crippen molar-refractivity contribution in [2.24, 2.45) is 5.41 Å². The molecule has 0 aliphatic carbocycles. The van der Waals surface area contributed by atoms with Crippen LogP contribution >= 0.6 is 0 Å². The number of nitrogens with zero attached hydrogens (tertiary/aromatic N) is 4. The Morgan fingerprint density at radius 2 is 1.89 bits per heavy atom. The van der Waals surface area contributed by atoms with Crippen molar-refractivity contribution in [1.82, 2.24) is 25.0 Å². The van der Waals surface area contributed by atoms with Crippen LogP contribution in [0.5, 0.6) is 0 Å². The Balaban J connectivity index is 1.85. The lowest BCUT2D eigenvalue weighted by Gasteiger charge is -2.33. The zero-order valence-electron chi connectivity index (χ0n) is 16.1. The van der Waals surface area contributed by atoms with Crippen LogP contribution in [0.2, 0.25) is 0 Å². The molecule has 0 bridgehead atoms. The number of rotatable bonds is 2. The number of carbonyl (C=O) groups excluding carboxylic acids is 3. The Hall–Kier alpha value is -2.64. The Labute approximate surface area is 159 Å². The van der Waals surface area contributed by atoms with E-state index < -0.39 is 5.41 Å². The molecule has 1 aromatic rings. The number of nitrogens with one attached hydrogen (secondary N) is 1. The molecule has 3 rings (SSSR count). The van der Waals surface area contributed by atoms with Gasteiger partial charge in [-0.25, -0.2) is 4.79 Å². The first-order valence-corrected chi connectivity index (χ1v) is 9.28. The van der Waals surface area contributed by atoms with Crippen molar-refractivity contribution in [3.63, 3.8) is 0 Å². The minimum atomic E-state index is -0.450. The smallest absolute Gasteiger partial charge is 0.317 e. The van der Waals surface area contributed by atoms with Crippen LogP contribution in [-0.4, -0.2) is 83.3 Å². The first-order valence-electron chi connectivity index (χ1n) is 9.28. The van der Waals surface area contributed by atoms with Crippen LogP contribution in [-0.2, 0) is 4.79 Å². The van der Waals surface area contributed by atoms with E-state index in [1.807, 2.05) is 13.8 Å². The van der Waals surface area contributed by atoms with Gasteiger partial charge in [0.1, 0.15) is 0 Å². The second-order valence-corrected chi connectivity index (χ2v) is 7.92. The highest BCUT2D eigenvalue weighted by atomic mass is 16.2. The van der Waals surface area contributed by atoms with Crippen molar-refractivity contribution in [3.05, 3.63) is 30.1 Å². The van der Waals surface area contributed by atoms with Crippen LogP contribution in [0.15, 0.2) is 24.5 Å². The molecule has 0 aromatic carbocycles. The first-order chi connectivity index (χ1) is 12.8. The average molecular weight is 373 g/mol. The Bertz CT molecular complexity index is 723. The van der Waals surface area contributed by atoms with E-state index in [1.54, 1.807) is 46.3 Å². The lowest BCUT2D eigenvalue weighted by Crippen LogP contribution is -2.49. The maximum absolute atomic E-state index is 13.0. The number of amides is 4. The first kappa shape index (κ1) is 19.1. The van der Waals surface area contributed by atoms with E-state index in [0.29, 0.717) is 44.7 Å². The van der Waals surface area contributed by atoms with Crippen molar-refractivity contribution >= 4 is 17.8 Å². The number of hydrogen-bond acceptors (Lipinski definition) is 4. The van der Waals surface area contributed by atoms with E-state index in [4.69, 9.17) is 0 Å². The van der Waals surface area contributed by atoms with Gasteiger partial charge in [0.25, 0.3) is 5.91 Å². The monoisotopic (exact) mass is 373 g/mol. The highest BCUT2D eigenvalue weighted by Gasteiger charge is 2.47. The molecular weight excluding hydrogens is 346 g/mol. The van der Waals surface area contributed by atoms with E-state index in [0.717, 1.165) is 0 Å². The molecule has 0 radical (unpaired) electrons. The summed E-state index contributed by atoms with van der Waals surface area (Å²) >= 11 is 0. The molecule has 2 aliphatic heterocycles. The molecule has 2 fully saturated rings. The number of likely N-dealkylation sites (tertiary alicyclic amines) is 1. The van der Waals surface area contributed by atoms with Crippen molar-refractivity contribution in [2.45, 2.75) is 26.3 Å². The fourth-order valence-electron chi connectivity index (χ4n) is 3.93. The summed E-state index contributed by atoms with van der Waals surface area (Å²) in [7, 11) is 1.77. The molecule has 0 unspecified atom stereocenters. The third-order valence-corrected chi connectivity index (χ3v) is 5.11. The molecule has 3 heterocycles. The van der Waals surface area contributed by atoms with Gasteiger partial charge in [-0.15, -0.1) is 0 Å². The van der Waals surface area contributed by atoms with Crippen LogP contribution in [0.25, 0.3) is 0 Å². The minimum Gasteiger partial charge on any atom is -0.345 e. The molecule has 146 valence electrons. The van der Waals surface area contributed by atoms with Crippen LogP contribution in [0.1, 0.15) is 30.6 Å². The van der Waals surface area contributed by atoms with Crippen LogP contribution in [0.4, 0.5) is 4.79 Å². The van der Waals surface area contributed by atoms with Gasteiger partial charge in [0, 0.05) is 70.0 Å². The molecule has 1 atom stereocenters. The van der Waals surface area contributed by atoms with Crippen molar-refractivity contribution in [2.75, 3.05) is 39.8 Å². The van der Waals surface area contributed by atoms with Gasteiger partial charge in [-0.1, -0.05) is 0 Å². The Kier molecular flexibility index (Phi) is 5.34. The third-order valence-electron chi connectivity index (χ3n) is 5.11. The Morgan fingerprint density at radius 1 is 1.19 bits per heavy atom. The predicted molar refractivity (Wildman–Crippen MR) is 100 cm³/mol. The minimum absolute atomic E-state index is 0.0257. The number of carbonyl (C=O) groups is 3. The summed E-state index contributed by atoms with van der Waals surface area (Å²) in [5.41, 5.74) is 0.0690. The zero-order chi connectivity index (χ0) is 19.6. The third kappa shape index (κ3) is 4.20. The van der Waals surface area contributed by atoms with Gasteiger partial charge in [-0.3, -0.25) is 14.6 Å². The molecule has 1 spiro atoms. The lowest BCUT2D eigenvalue weighted by molar-refractivity contribution is -0.126. The van der Waals surface area contributed by atoms with Gasteiger partial charge < -0.3 is 20.0 Å². The summed E-state index contributed by atoms with van der Waals surface area (Å²) in [4.78, 5) is 47.1. The quantitative estimate of drug-likeness (QED) is 0.831. The fraction of sp³-hybridized carbons (Fsp3) is 0.579. The van der Waals surface area contributed by atoms with Crippen LogP contribution < -0.4 is 5.32 Å². The maximum atomic E-state index is 13.0. The van der Waals surface area contributed by atoms with Crippen molar-refractivity contribution < 1.29 is 14.4 Å². The second-order valence-electron chi connectivity index (χ2n) is 7.92. The molecule has 1 aromatic heterocycles. The van der Waals surface area contributed by atoms with Crippen LogP contribution in [0.3, 0.4) is 0 Å². The average Bonchev–Trinajstić information content (AvgIpc) is 2.79. The fourth-order valence-corrected chi connectivity index (χ4v) is 3.93. The molecule has 8 nitrogen and oxygen atoms in total. The SMILES string of the molecule is CC(C)NC(=O)N1CCN(C(=O)c2cccnc2)C[C@@]2(CC(=O)N(C)C2)C1. The van der Waals surface area contributed by atoms with Gasteiger partial charge in [0.05, 0.1) is 5.56 Å². The lowest BCUT2D eigenvalue weighted by atomic mass is 9.86. The molecule has 0 saturated carbocycles. The highest BCUT2D eigenvalue weighted by Crippen LogP contribution is 2.34. The van der Waals surface area contributed by atoms with E-state index >= 15 is 0 Å². The van der Waals surface area contributed by atoms with Crippen molar-refractivity contribution in [3.8, 4) is 0 Å². The van der Waals surface area contributed by atoms with E-state index in [9.17, 15) is 14.4 Å². The summed E-state index contributed by atoms with van der Waals surface area (Å²) in [6.45, 7) is 6.13. The Morgan fingerprint density at radius 3 is 2.48 bits per heavy atom. The van der Waals surface area contributed by atoms with Crippen LogP contribution in [0, 0.1) is 5.41 Å². The molecule has 2 aliphatic rings. The molecule has 27 heavy (non-hydrogen) atoms. The van der Waals surface area contributed by atoms with Gasteiger partial charge in [-0.2, -0.15) is 0 Å². The topological polar surface area (TPSA) is 85.9 Å². The normalized spacial score (nSPS) is 23.1. The highest BCUT2D eigenvalue weighted by molar-refractivity contribution is 5.94. The van der Waals surface area contributed by atoms with Gasteiger partial charge >= 0.3 is 6.03 Å². The second kappa shape index (κ2) is 7.54. The standard InChI is InChI=1S/C19H27N5O3/c1-14(2)21-18(27)24-8-7-23(17(26)15-5-4-6-20-10-15)12-19(13-24)9-16(25)22(3)11-19/h4-6,10,14H,7-9,11-13H2,1-3H3,(H,21,27)/t19-/m0/s1. The van der Waals surface area contributed by atoms with E-state index in [2.05, 4.69) is 10.3 Å². The number of urea groups is 1. The summed E-state index contributed by atoms with van der Waals surface area (Å²) in [5.74, 6) is -0.0644. The molecular formula is C19H27N5O3. The van der Waals surface area contributed by atoms with E-state index in [-0.39, 0.29) is 23.9 Å². The largest absolute Gasteiger partial charge is 0.345 e. The number of pyridine rings is 1.